The topological polar surface area (TPSA) is 90.7 Å². The Morgan fingerprint density at radius 1 is 1.03 bits per heavy atom. The average molecular weight is 413 g/mol. The van der Waals surface area contributed by atoms with Gasteiger partial charge in [-0.05, 0) is 55.0 Å². The highest BCUT2D eigenvalue weighted by atomic mass is 32.2. The van der Waals surface area contributed by atoms with Crippen molar-refractivity contribution in [3.05, 3.63) is 59.7 Å². The molecule has 3 rings (SSSR count). The van der Waals surface area contributed by atoms with Gasteiger partial charge in [-0.25, -0.2) is 8.42 Å². The summed E-state index contributed by atoms with van der Waals surface area (Å²) in [5.74, 6) is 0.601. The van der Waals surface area contributed by atoms with Crippen LogP contribution < -0.4 is 4.74 Å². The average Bonchev–Trinajstić information content (AvgIpc) is 2.77. The molecule has 2 aromatic rings. The van der Waals surface area contributed by atoms with Gasteiger partial charge in [0.2, 0.25) is 10.0 Å². The number of nitriles is 1. The van der Waals surface area contributed by atoms with E-state index < -0.39 is 10.0 Å². The van der Waals surface area contributed by atoms with Gasteiger partial charge in [-0.15, -0.1) is 0 Å². The highest BCUT2D eigenvalue weighted by molar-refractivity contribution is 7.89. The zero-order valence-electron chi connectivity index (χ0n) is 16.2. The Bertz CT molecular complexity index is 988. The van der Waals surface area contributed by atoms with Gasteiger partial charge < -0.3 is 9.64 Å². The smallest absolute Gasteiger partial charge is 0.253 e. The first-order chi connectivity index (χ1) is 14.0. The third-order valence-electron chi connectivity index (χ3n) is 4.72. The summed E-state index contributed by atoms with van der Waals surface area (Å²) in [5, 5.41) is 8.85. The molecule has 1 fully saturated rings. The molecule has 0 radical (unpaired) electrons. The van der Waals surface area contributed by atoms with Gasteiger partial charge >= 0.3 is 0 Å². The van der Waals surface area contributed by atoms with E-state index in [9.17, 15) is 13.2 Å². The largest absolute Gasteiger partial charge is 0.494 e. The summed E-state index contributed by atoms with van der Waals surface area (Å²) in [6, 6.07) is 14.8. The second kappa shape index (κ2) is 9.07. The number of hydrogen-bond acceptors (Lipinski definition) is 5. The molecule has 8 heteroatoms. The van der Waals surface area contributed by atoms with Crippen LogP contribution in [0.5, 0.6) is 5.75 Å². The number of sulfonamides is 1. The van der Waals surface area contributed by atoms with Crippen LogP contribution in [0.1, 0.15) is 29.3 Å². The van der Waals surface area contributed by atoms with Crippen LogP contribution in [0.25, 0.3) is 0 Å². The summed E-state index contributed by atoms with van der Waals surface area (Å²) in [6.07, 6.45) is 0.913. The van der Waals surface area contributed by atoms with Crippen molar-refractivity contribution in [1.82, 2.24) is 9.21 Å². The molecule has 0 aliphatic carbocycles. The van der Waals surface area contributed by atoms with Crippen LogP contribution >= 0.6 is 0 Å². The third kappa shape index (κ3) is 4.75. The number of carbonyl (C=O) groups excluding carboxylic acids is 1. The molecule has 2 aromatic carbocycles. The minimum Gasteiger partial charge on any atom is -0.494 e. The van der Waals surface area contributed by atoms with Crippen LogP contribution in [-0.2, 0) is 10.0 Å². The fraction of sp³-hybridized carbons (Fsp3) is 0.333. The Balaban J connectivity index is 1.62. The summed E-state index contributed by atoms with van der Waals surface area (Å²) in [6.45, 7) is 3.75. The molecule has 1 amide bonds. The molecule has 1 heterocycles. The first-order valence-corrected chi connectivity index (χ1v) is 10.9. The second-order valence-electron chi connectivity index (χ2n) is 6.71. The number of carbonyl (C=O) groups is 1. The number of hydrogen-bond donors (Lipinski definition) is 0. The maximum absolute atomic E-state index is 12.8. The molecule has 152 valence electrons. The summed E-state index contributed by atoms with van der Waals surface area (Å²) in [5.41, 5.74) is 0.961. The quantitative estimate of drug-likeness (QED) is 0.726. The lowest BCUT2D eigenvalue weighted by Crippen LogP contribution is -2.50. The van der Waals surface area contributed by atoms with E-state index >= 15 is 0 Å². The minimum atomic E-state index is -3.65. The van der Waals surface area contributed by atoms with Crippen LogP contribution in [0.2, 0.25) is 0 Å². The molecule has 29 heavy (non-hydrogen) atoms. The molecule has 0 unspecified atom stereocenters. The van der Waals surface area contributed by atoms with Crippen LogP contribution in [0.3, 0.4) is 0 Å². The Labute approximate surface area is 171 Å². The van der Waals surface area contributed by atoms with E-state index in [1.54, 1.807) is 29.2 Å². The van der Waals surface area contributed by atoms with Crippen LogP contribution in [0.4, 0.5) is 0 Å². The van der Waals surface area contributed by atoms with Gasteiger partial charge in [0.25, 0.3) is 5.91 Å². The number of rotatable bonds is 6. The Morgan fingerprint density at radius 2 is 1.66 bits per heavy atom. The number of ether oxygens (including phenoxy) is 1. The maximum Gasteiger partial charge on any atom is 0.253 e. The molecule has 0 atom stereocenters. The standard InChI is InChI=1S/C21H23N3O4S/c1-2-15-28-19-7-5-18(6-8-19)21(25)23-11-13-24(14-12-23)29(26,27)20-9-3-17(16-22)4-10-20/h3-10H,2,11-15H2,1H3. The second-order valence-corrected chi connectivity index (χ2v) is 8.64. The highest BCUT2D eigenvalue weighted by Gasteiger charge is 2.30. The van der Waals surface area contributed by atoms with Crippen molar-refractivity contribution in [3.8, 4) is 11.8 Å². The minimum absolute atomic E-state index is 0.123. The van der Waals surface area contributed by atoms with E-state index in [-0.39, 0.29) is 23.9 Å². The Morgan fingerprint density at radius 3 is 2.21 bits per heavy atom. The fourth-order valence-corrected chi connectivity index (χ4v) is 4.50. The molecule has 0 spiro atoms. The van der Waals surface area contributed by atoms with Crippen molar-refractivity contribution in [1.29, 1.82) is 5.26 Å². The molecule has 0 bridgehead atoms. The van der Waals surface area contributed by atoms with Crippen LogP contribution in [0, 0.1) is 11.3 Å². The summed E-state index contributed by atoms with van der Waals surface area (Å²) in [7, 11) is -3.65. The number of amides is 1. The lowest BCUT2D eigenvalue weighted by molar-refractivity contribution is 0.0698. The Hall–Kier alpha value is -2.89. The molecule has 1 aliphatic rings. The fourth-order valence-electron chi connectivity index (χ4n) is 3.08. The van der Waals surface area contributed by atoms with Gasteiger partial charge in [-0.3, -0.25) is 4.79 Å². The number of piperazine rings is 1. The van der Waals surface area contributed by atoms with Crippen molar-refractivity contribution >= 4 is 15.9 Å². The Kier molecular flexibility index (Phi) is 6.52. The van der Waals surface area contributed by atoms with Gasteiger partial charge in [0.1, 0.15) is 5.75 Å². The van der Waals surface area contributed by atoms with Gasteiger partial charge in [0.15, 0.2) is 0 Å². The lowest BCUT2D eigenvalue weighted by atomic mass is 10.2. The predicted molar refractivity (Wildman–Crippen MR) is 108 cm³/mol. The predicted octanol–water partition coefficient (Wildman–Crippen LogP) is 2.49. The van der Waals surface area contributed by atoms with Crippen molar-refractivity contribution in [2.45, 2.75) is 18.2 Å². The molecule has 0 saturated carbocycles. The zero-order chi connectivity index (χ0) is 20.9. The van der Waals surface area contributed by atoms with Crippen molar-refractivity contribution in [2.24, 2.45) is 0 Å². The van der Waals surface area contributed by atoms with E-state index in [1.807, 2.05) is 13.0 Å². The maximum atomic E-state index is 12.8. The summed E-state index contributed by atoms with van der Waals surface area (Å²) >= 11 is 0. The van der Waals surface area contributed by atoms with Crippen LogP contribution in [0.15, 0.2) is 53.4 Å². The van der Waals surface area contributed by atoms with Gasteiger partial charge in [0, 0.05) is 31.7 Å². The summed E-state index contributed by atoms with van der Waals surface area (Å²) in [4.78, 5) is 14.5. The summed E-state index contributed by atoms with van der Waals surface area (Å²) < 4.78 is 32.5. The molecule has 7 nitrogen and oxygen atoms in total. The third-order valence-corrected chi connectivity index (χ3v) is 6.63. The monoisotopic (exact) mass is 413 g/mol. The molecule has 0 aromatic heterocycles. The van der Waals surface area contributed by atoms with Gasteiger partial charge in [0.05, 0.1) is 23.1 Å². The van der Waals surface area contributed by atoms with E-state index in [4.69, 9.17) is 10.00 Å². The van der Waals surface area contributed by atoms with E-state index in [2.05, 4.69) is 0 Å². The van der Waals surface area contributed by atoms with Gasteiger partial charge in [-0.2, -0.15) is 9.57 Å². The van der Waals surface area contributed by atoms with E-state index in [1.165, 1.54) is 28.6 Å². The number of benzene rings is 2. The van der Waals surface area contributed by atoms with Crippen LogP contribution in [-0.4, -0.2) is 56.3 Å². The lowest BCUT2D eigenvalue weighted by Gasteiger charge is -2.34. The SMILES string of the molecule is CCCOc1ccc(C(=O)N2CCN(S(=O)(=O)c3ccc(C#N)cc3)CC2)cc1. The molecule has 1 saturated heterocycles. The van der Waals surface area contributed by atoms with Crippen molar-refractivity contribution in [3.63, 3.8) is 0 Å². The van der Waals surface area contributed by atoms with Crippen molar-refractivity contribution in [2.75, 3.05) is 32.8 Å². The zero-order valence-corrected chi connectivity index (χ0v) is 17.1. The molecular formula is C21H23N3O4S. The van der Waals surface area contributed by atoms with Crippen molar-refractivity contribution < 1.29 is 17.9 Å². The first-order valence-electron chi connectivity index (χ1n) is 9.48. The molecule has 1 aliphatic heterocycles. The molecular weight excluding hydrogens is 390 g/mol. The van der Waals surface area contributed by atoms with E-state index in [0.29, 0.717) is 30.8 Å². The molecule has 0 N–H and O–H groups in total. The highest BCUT2D eigenvalue weighted by Crippen LogP contribution is 2.20. The van der Waals surface area contributed by atoms with E-state index in [0.717, 1.165) is 12.2 Å². The first kappa shape index (κ1) is 20.8. The van der Waals surface area contributed by atoms with Gasteiger partial charge in [-0.1, -0.05) is 6.92 Å². The normalized spacial score (nSPS) is 15.0. The number of nitrogens with zero attached hydrogens (tertiary/aromatic N) is 3.